The van der Waals surface area contributed by atoms with Gasteiger partial charge in [0.1, 0.15) is 0 Å². The minimum atomic E-state index is -0.542. The minimum Gasteiger partial charge on any atom is -0.493 e. The van der Waals surface area contributed by atoms with Crippen LogP contribution >= 0.6 is 0 Å². The van der Waals surface area contributed by atoms with E-state index in [9.17, 15) is 9.59 Å². The number of ether oxygens (including phenoxy) is 2. The third kappa shape index (κ3) is 2.20. The maximum Gasteiger partial charge on any atom is 0.233 e. The van der Waals surface area contributed by atoms with Crippen molar-refractivity contribution < 1.29 is 19.1 Å². The number of piperidine rings is 1. The molecule has 6 nitrogen and oxygen atoms in total. The molecular formula is C18H22N2O4. The van der Waals surface area contributed by atoms with Gasteiger partial charge in [0.25, 0.3) is 0 Å². The Balaban J connectivity index is 1.73. The molecule has 0 aliphatic carbocycles. The van der Waals surface area contributed by atoms with Gasteiger partial charge in [0.2, 0.25) is 11.8 Å². The zero-order valence-corrected chi connectivity index (χ0v) is 14.1. The van der Waals surface area contributed by atoms with E-state index in [0.29, 0.717) is 18.6 Å². The number of methoxy groups -OCH3 is 2. The lowest BCUT2D eigenvalue weighted by Crippen LogP contribution is -2.48. The minimum absolute atomic E-state index is 0.0975. The fourth-order valence-corrected chi connectivity index (χ4v) is 4.47. The molecule has 1 N–H and O–H groups in total. The average Bonchev–Trinajstić information content (AvgIpc) is 2.86. The van der Waals surface area contributed by atoms with Crippen LogP contribution in [-0.4, -0.2) is 44.0 Å². The standard InChI is InChI=1S/C18H22N2O4/c1-23-14-7-11-3-5-20-6-4-18(10-16(21)19-17(18)22)9-13(20)12(11)8-15(14)24-2/h7-8,13H,3-6,9-10H2,1-2H3,(H,19,21,22)/t13-,18-/m0/s1. The molecule has 0 bridgehead atoms. The van der Waals surface area contributed by atoms with E-state index < -0.39 is 5.41 Å². The Bertz CT molecular complexity index is 717. The number of rotatable bonds is 2. The molecule has 0 saturated carbocycles. The Labute approximate surface area is 141 Å². The summed E-state index contributed by atoms with van der Waals surface area (Å²) in [7, 11) is 3.28. The number of fused-ring (bicyclic) bond motifs is 3. The predicted octanol–water partition coefficient (Wildman–Crippen LogP) is 1.43. The van der Waals surface area contributed by atoms with E-state index in [1.54, 1.807) is 14.2 Å². The second-order valence-electron chi connectivity index (χ2n) is 7.00. The van der Waals surface area contributed by atoms with Gasteiger partial charge in [0.05, 0.1) is 19.6 Å². The van der Waals surface area contributed by atoms with Gasteiger partial charge in [-0.3, -0.25) is 19.8 Å². The normalized spacial score (nSPS) is 29.2. The third-order valence-corrected chi connectivity index (χ3v) is 5.81. The number of nitrogens with one attached hydrogen (secondary N) is 1. The first-order chi connectivity index (χ1) is 11.6. The number of hydrogen-bond donors (Lipinski definition) is 1. The molecule has 3 aliphatic rings. The lowest BCUT2D eigenvalue weighted by atomic mass is 9.71. The summed E-state index contributed by atoms with van der Waals surface area (Å²) in [6.45, 7) is 1.82. The van der Waals surface area contributed by atoms with Crippen LogP contribution in [0.25, 0.3) is 0 Å². The summed E-state index contributed by atoms with van der Waals surface area (Å²) >= 11 is 0. The number of carbonyl (C=O) groups is 2. The molecule has 2 saturated heterocycles. The lowest BCUT2D eigenvalue weighted by molar-refractivity contribution is -0.131. The lowest BCUT2D eigenvalue weighted by Gasteiger charge is -2.46. The summed E-state index contributed by atoms with van der Waals surface area (Å²) in [4.78, 5) is 26.5. The highest BCUT2D eigenvalue weighted by Crippen LogP contribution is 2.49. The molecule has 1 aromatic rings. The van der Waals surface area contributed by atoms with Crippen LogP contribution in [0.5, 0.6) is 11.5 Å². The molecule has 4 rings (SSSR count). The third-order valence-electron chi connectivity index (χ3n) is 5.81. The van der Waals surface area contributed by atoms with E-state index in [1.165, 1.54) is 11.1 Å². The van der Waals surface area contributed by atoms with Crippen LogP contribution in [0.3, 0.4) is 0 Å². The maximum atomic E-state index is 12.4. The molecule has 3 aliphatic heterocycles. The largest absolute Gasteiger partial charge is 0.493 e. The summed E-state index contributed by atoms with van der Waals surface area (Å²) in [6, 6.07) is 4.24. The average molecular weight is 330 g/mol. The van der Waals surface area contributed by atoms with Crippen LogP contribution in [-0.2, 0) is 16.0 Å². The fourth-order valence-electron chi connectivity index (χ4n) is 4.47. The Morgan fingerprint density at radius 2 is 1.92 bits per heavy atom. The van der Waals surface area contributed by atoms with Crippen molar-refractivity contribution in [3.05, 3.63) is 23.3 Å². The van der Waals surface area contributed by atoms with Gasteiger partial charge in [-0.15, -0.1) is 0 Å². The number of hydrogen-bond acceptors (Lipinski definition) is 5. The molecule has 0 radical (unpaired) electrons. The summed E-state index contributed by atoms with van der Waals surface area (Å²) in [5.74, 6) is 1.21. The van der Waals surface area contributed by atoms with E-state index in [2.05, 4.69) is 10.2 Å². The number of amides is 2. The molecule has 0 unspecified atom stereocenters. The van der Waals surface area contributed by atoms with E-state index in [4.69, 9.17) is 9.47 Å². The highest BCUT2D eigenvalue weighted by Gasteiger charge is 2.52. The van der Waals surface area contributed by atoms with Crippen LogP contribution in [0.4, 0.5) is 0 Å². The van der Waals surface area contributed by atoms with Gasteiger partial charge in [0, 0.05) is 19.0 Å². The molecule has 6 heteroatoms. The number of imide groups is 1. The van der Waals surface area contributed by atoms with Crippen molar-refractivity contribution in [1.82, 2.24) is 10.2 Å². The van der Waals surface area contributed by atoms with Gasteiger partial charge in [-0.25, -0.2) is 0 Å². The van der Waals surface area contributed by atoms with Crippen molar-refractivity contribution in [2.45, 2.75) is 31.7 Å². The zero-order valence-electron chi connectivity index (χ0n) is 14.1. The van der Waals surface area contributed by atoms with Gasteiger partial charge >= 0.3 is 0 Å². The molecule has 2 atom stereocenters. The van der Waals surface area contributed by atoms with E-state index in [0.717, 1.165) is 31.7 Å². The van der Waals surface area contributed by atoms with Crippen molar-refractivity contribution >= 4 is 11.8 Å². The first kappa shape index (κ1) is 15.4. The Morgan fingerprint density at radius 1 is 1.17 bits per heavy atom. The Hall–Kier alpha value is -2.08. The van der Waals surface area contributed by atoms with E-state index in [-0.39, 0.29) is 17.9 Å². The summed E-state index contributed by atoms with van der Waals surface area (Å²) in [5.41, 5.74) is 1.90. The second kappa shape index (κ2) is 5.48. The van der Waals surface area contributed by atoms with Crippen LogP contribution in [0.1, 0.15) is 36.4 Å². The van der Waals surface area contributed by atoms with Crippen molar-refractivity contribution in [3.63, 3.8) is 0 Å². The second-order valence-corrected chi connectivity index (χ2v) is 7.00. The molecule has 24 heavy (non-hydrogen) atoms. The molecule has 0 aromatic heterocycles. The molecule has 128 valence electrons. The molecule has 2 amide bonds. The highest BCUT2D eigenvalue weighted by atomic mass is 16.5. The van der Waals surface area contributed by atoms with Crippen molar-refractivity contribution in [1.29, 1.82) is 0 Å². The SMILES string of the molecule is COc1cc2c(cc1OC)[C@@H]1C[C@@]3(CCN1CC2)CC(=O)NC3=O. The first-order valence-corrected chi connectivity index (χ1v) is 8.39. The smallest absolute Gasteiger partial charge is 0.233 e. The van der Waals surface area contributed by atoms with Gasteiger partial charge in [-0.2, -0.15) is 0 Å². The first-order valence-electron chi connectivity index (χ1n) is 8.39. The van der Waals surface area contributed by atoms with Crippen LogP contribution < -0.4 is 14.8 Å². The van der Waals surface area contributed by atoms with Crippen LogP contribution in [0.2, 0.25) is 0 Å². The zero-order chi connectivity index (χ0) is 16.9. The van der Waals surface area contributed by atoms with Crippen molar-refractivity contribution in [2.24, 2.45) is 5.41 Å². The quantitative estimate of drug-likeness (QED) is 0.831. The molecule has 3 heterocycles. The molecule has 2 fully saturated rings. The van der Waals surface area contributed by atoms with Gasteiger partial charge in [0.15, 0.2) is 11.5 Å². The topological polar surface area (TPSA) is 67.9 Å². The number of benzene rings is 1. The number of carbonyl (C=O) groups excluding carboxylic acids is 2. The summed E-state index contributed by atoms with van der Waals surface area (Å²) in [5, 5.41) is 2.50. The molecule has 1 aromatic carbocycles. The summed E-state index contributed by atoms with van der Waals surface area (Å²) in [6.07, 6.45) is 2.72. The van der Waals surface area contributed by atoms with Gasteiger partial charge in [-0.1, -0.05) is 0 Å². The Kier molecular flexibility index (Phi) is 3.53. The Morgan fingerprint density at radius 3 is 2.58 bits per heavy atom. The van der Waals surface area contributed by atoms with E-state index >= 15 is 0 Å². The van der Waals surface area contributed by atoms with Crippen molar-refractivity contribution in [3.8, 4) is 11.5 Å². The van der Waals surface area contributed by atoms with Crippen LogP contribution in [0.15, 0.2) is 12.1 Å². The molecular weight excluding hydrogens is 308 g/mol. The van der Waals surface area contributed by atoms with Gasteiger partial charge < -0.3 is 9.47 Å². The fraction of sp³-hybridized carbons (Fsp3) is 0.556. The maximum absolute atomic E-state index is 12.4. The predicted molar refractivity (Wildman–Crippen MR) is 87.0 cm³/mol. The monoisotopic (exact) mass is 330 g/mol. The highest BCUT2D eigenvalue weighted by molar-refractivity contribution is 6.05. The van der Waals surface area contributed by atoms with Crippen molar-refractivity contribution in [2.75, 3.05) is 27.3 Å². The van der Waals surface area contributed by atoms with Crippen LogP contribution in [0, 0.1) is 5.41 Å². The number of nitrogens with zero attached hydrogens (tertiary/aromatic N) is 1. The molecule has 1 spiro atoms. The summed E-state index contributed by atoms with van der Waals surface area (Å²) < 4.78 is 10.9. The van der Waals surface area contributed by atoms with E-state index in [1.807, 2.05) is 12.1 Å². The van der Waals surface area contributed by atoms with Gasteiger partial charge in [-0.05, 0) is 49.1 Å².